The lowest BCUT2D eigenvalue weighted by Crippen LogP contribution is -2.49. The molecule has 0 aromatic carbocycles. The smallest absolute Gasteiger partial charge is 0.220 e. The van der Waals surface area contributed by atoms with Crippen LogP contribution in [0.4, 0.5) is 0 Å². The number of hydrogen-bond donors (Lipinski definition) is 3. The van der Waals surface area contributed by atoms with Crippen molar-refractivity contribution in [3.8, 4) is 0 Å². The zero-order valence-corrected chi connectivity index (χ0v) is 11.7. The highest BCUT2D eigenvalue weighted by molar-refractivity contribution is 5.77. The molecule has 1 aliphatic rings. The molecule has 0 aromatic heterocycles. The maximum absolute atomic E-state index is 12.0. The summed E-state index contributed by atoms with van der Waals surface area (Å²) in [6.07, 6.45) is 5.44. The van der Waals surface area contributed by atoms with Gasteiger partial charge in [-0.25, -0.2) is 0 Å². The molecule has 1 saturated carbocycles. The van der Waals surface area contributed by atoms with E-state index in [-0.39, 0.29) is 24.0 Å². The van der Waals surface area contributed by atoms with E-state index in [0.717, 1.165) is 32.1 Å². The minimum atomic E-state index is -0.353. The van der Waals surface area contributed by atoms with E-state index in [1.807, 2.05) is 0 Å². The summed E-state index contributed by atoms with van der Waals surface area (Å²) in [7, 11) is 0. The average molecular weight is 256 g/mol. The first-order valence-electron chi connectivity index (χ1n) is 7.13. The zero-order chi connectivity index (χ0) is 13.6. The van der Waals surface area contributed by atoms with Gasteiger partial charge in [-0.1, -0.05) is 26.7 Å². The van der Waals surface area contributed by atoms with Crippen LogP contribution in [0.2, 0.25) is 0 Å². The molecular formula is C14H28N2O2. The normalized spacial score (nSPS) is 20.1. The van der Waals surface area contributed by atoms with Crippen LogP contribution in [-0.2, 0) is 4.79 Å². The molecule has 1 rings (SSSR count). The number of carbonyl (C=O) groups excluding carboxylic acids is 1. The molecule has 1 fully saturated rings. The van der Waals surface area contributed by atoms with E-state index in [0.29, 0.717) is 18.9 Å². The lowest BCUT2D eigenvalue weighted by atomic mass is 9.92. The van der Waals surface area contributed by atoms with Gasteiger partial charge < -0.3 is 16.2 Å². The molecule has 1 aliphatic carbocycles. The largest absolute Gasteiger partial charge is 0.394 e. The van der Waals surface area contributed by atoms with E-state index >= 15 is 0 Å². The fourth-order valence-corrected chi connectivity index (χ4v) is 2.91. The summed E-state index contributed by atoms with van der Waals surface area (Å²) < 4.78 is 0. The number of nitrogens with one attached hydrogen (secondary N) is 1. The van der Waals surface area contributed by atoms with Gasteiger partial charge in [-0.3, -0.25) is 4.79 Å². The number of amides is 1. The van der Waals surface area contributed by atoms with Crippen molar-refractivity contribution >= 4 is 5.91 Å². The fourth-order valence-electron chi connectivity index (χ4n) is 2.91. The second-order valence-electron chi connectivity index (χ2n) is 6.13. The third kappa shape index (κ3) is 4.58. The van der Waals surface area contributed by atoms with Crippen molar-refractivity contribution in [2.24, 2.45) is 17.6 Å². The van der Waals surface area contributed by atoms with Crippen molar-refractivity contribution in [1.29, 1.82) is 0 Å². The number of aliphatic hydroxyl groups excluding tert-OH is 1. The van der Waals surface area contributed by atoms with Gasteiger partial charge in [0, 0.05) is 6.42 Å². The summed E-state index contributed by atoms with van der Waals surface area (Å²) in [4.78, 5) is 12.0. The van der Waals surface area contributed by atoms with Crippen LogP contribution in [0.15, 0.2) is 0 Å². The summed E-state index contributed by atoms with van der Waals surface area (Å²) in [5, 5.41) is 12.5. The van der Waals surface area contributed by atoms with Gasteiger partial charge >= 0.3 is 0 Å². The van der Waals surface area contributed by atoms with Gasteiger partial charge in [-0.15, -0.1) is 0 Å². The Labute approximate surface area is 110 Å². The predicted octanol–water partition coefficient (Wildman–Crippen LogP) is 1.42. The molecule has 0 spiro atoms. The number of carbonyl (C=O) groups is 1. The van der Waals surface area contributed by atoms with Gasteiger partial charge in [-0.2, -0.15) is 0 Å². The Morgan fingerprint density at radius 1 is 1.39 bits per heavy atom. The van der Waals surface area contributed by atoms with Crippen LogP contribution in [-0.4, -0.2) is 29.7 Å². The second kappa shape index (κ2) is 7.10. The minimum absolute atomic E-state index is 0.0436. The molecular weight excluding hydrogens is 228 g/mol. The first-order valence-corrected chi connectivity index (χ1v) is 7.13. The molecule has 18 heavy (non-hydrogen) atoms. The predicted molar refractivity (Wildman–Crippen MR) is 73.0 cm³/mol. The lowest BCUT2D eigenvalue weighted by molar-refractivity contribution is -0.124. The maximum atomic E-state index is 12.0. The van der Waals surface area contributed by atoms with Crippen molar-refractivity contribution in [3.05, 3.63) is 0 Å². The molecule has 0 heterocycles. The average Bonchev–Trinajstić information content (AvgIpc) is 2.76. The minimum Gasteiger partial charge on any atom is -0.394 e. The molecule has 1 amide bonds. The third-order valence-electron chi connectivity index (χ3n) is 3.88. The Bertz CT molecular complexity index is 261. The standard InChI is InChI=1S/C14H28N2O2/c1-11(2)7-12(9-15)8-13(18)16-14(10-17)5-3-4-6-14/h11-12,17H,3-10,15H2,1-2H3,(H,16,18). The van der Waals surface area contributed by atoms with E-state index < -0.39 is 0 Å². The summed E-state index contributed by atoms with van der Waals surface area (Å²) in [6.45, 7) is 4.90. The zero-order valence-electron chi connectivity index (χ0n) is 11.7. The number of hydrogen-bond acceptors (Lipinski definition) is 3. The van der Waals surface area contributed by atoms with Crippen LogP contribution >= 0.6 is 0 Å². The molecule has 0 aliphatic heterocycles. The molecule has 0 aromatic rings. The first-order chi connectivity index (χ1) is 8.51. The van der Waals surface area contributed by atoms with Crippen molar-refractivity contribution < 1.29 is 9.90 Å². The van der Waals surface area contributed by atoms with Crippen LogP contribution in [0.5, 0.6) is 0 Å². The summed E-state index contributed by atoms with van der Waals surface area (Å²) >= 11 is 0. The summed E-state index contributed by atoms with van der Waals surface area (Å²) in [5.74, 6) is 0.855. The van der Waals surface area contributed by atoms with E-state index in [2.05, 4.69) is 19.2 Å². The second-order valence-corrected chi connectivity index (χ2v) is 6.13. The van der Waals surface area contributed by atoms with Crippen molar-refractivity contribution in [3.63, 3.8) is 0 Å². The Morgan fingerprint density at radius 3 is 2.44 bits per heavy atom. The van der Waals surface area contributed by atoms with Gasteiger partial charge in [0.2, 0.25) is 5.91 Å². The molecule has 1 unspecified atom stereocenters. The number of aliphatic hydroxyl groups is 1. The molecule has 0 bridgehead atoms. The highest BCUT2D eigenvalue weighted by Crippen LogP contribution is 2.29. The van der Waals surface area contributed by atoms with Crippen LogP contribution in [0.25, 0.3) is 0 Å². The van der Waals surface area contributed by atoms with Crippen LogP contribution in [0.1, 0.15) is 52.4 Å². The van der Waals surface area contributed by atoms with E-state index in [4.69, 9.17) is 5.73 Å². The highest BCUT2D eigenvalue weighted by Gasteiger charge is 2.34. The van der Waals surface area contributed by atoms with Crippen molar-refractivity contribution in [2.45, 2.75) is 57.9 Å². The third-order valence-corrected chi connectivity index (χ3v) is 3.88. The lowest BCUT2D eigenvalue weighted by Gasteiger charge is -2.29. The van der Waals surface area contributed by atoms with E-state index in [9.17, 15) is 9.90 Å². The quantitative estimate of drug-likeness (QED) is 0.645. The molecule has 106 valence electrons. The van der Waals surface area contributed by atoms with Crippen LogP contribution in [0, 0.1) is 11.8 Å². The topological polar surface area (TPSA) is 75.4 Å². The van der Waals surface area contributed by atoms with E-state index in [1.54, 1.807) is 0 Å². The van der Waals surface area contributed by atoms with Gasteiger partial charge in [0.25, 0.3) is 0 Å². The molecule has 0 radical (unpaired) electrons. The Hall–Kier alpha value is -0.610. The molecule has 1 atom stereocenters. The molecule has 4 heteroatoms. The van der Waals surface area contributed by atoms with Crippen LogP contribution < -0.4 is 11.1 Å². The van der Waals surface area contributed by atoms with Gasteiger partial charge in [0.1, 0.15) is 0 Å². The maximum Gasteiger partial charge on any atom is 0.220 e. The van der Waals surface area contributed by atoms with Crippen molar-refractivity contribution in [2.75, 3.05) is 13.2 Å². The SMILES string of the molecule is CC(C)CC(CN)CC(=O)NC1(CO)CCCC1. The molecule has 4 N–H and O–H groups in total. The Balaban J connectivity index is 2.44. The van der Waals surface area contributed by atoms with E-state index in [1.165, 1.54) is 0 Å². The van der Waals surface area contributed by atoms with Crippen LogP contribution in [0.3, 0.4) is 0 Å². The van der Waals surface area contributed by atoms with Crippen molar-refractivity contribution in [1.82, 2.24) is 5.32 Å². The Morgan fingerprint density at radius 2 is 2.00 bits per heavy atom. The van der Waals surface area contributed by atoms with Gasteiger partial charge in [0.15, 0.2) is 0 Å². The molecule has 0 saturated heterocycles. The number of rotatable bonds is 7. The summed E-state index contributed by atoms with van der Waals surface area (Å²) in [5.41, 5.74) is 5.36. The highest BCUT2D eigenvalue weighted by atomic mass is 16.3. The molecule has 4 nitrogen and oxygen atoms in total. The fraction of sp³-hybridized carbons (Fsp3) is 0.929. The van der Waals surface area contributed by atoms with Gasteiger partial charge in [0.05, 0.1) is 12.1 Å². The Kier molecular flexibility index (Phi) is 6.09. The summed E-state index contributed by atoms with van der Waals surface area (Å²) in [6, 6.07) is 0. The monoisotopic (exact) mass is 256 g/mol. The first kappa shape index (κ1) is 15.4. The number of nitrogens with two attached hydrogens (primary N) is 1. The van der Waals surface area contributed by atoms with Gasteiger partial charge in [-0.05, 0) is 37.6 Å².